The molecule has 2 rings (SSSR count). The first kappa shape index (κ1) is 12.6. The van der Waals surface area contributed by atoms with Crippen LogP contribution in [0.2, 0.25) is 0 Å². The Morgan fingerprint density at radius 3 is 2.83 bits per heavy atom. The SMILES string of the molecule is Cc1cscc1CNc1c(F)cccc1C(=O)O. The van der Waals surface area contributed by atoms with Crippen LogP contribution < -0.4 is 5.32 Å². The summed E-state index contributed by atoms with van der Waals surface area (Å²) >= 11 is 1.57. The number of hydrogen-bond acceptors (Lipinski definition) is 3. The zero-order valence-corrected chi connectivity index (χ0v) is 10.6. The molecule has 0 fully saturated rings. The van der Waals surface area contributed by atoms with Crippen molar-refractivity contribution in [2.24, 2.45) is 0 Å². The minimum Gasteiger partial charge on any atom is -0.478 e. The summed E-state index contributed by atoms with van der Waals surface area (Å²) in [4.78, 5) is 11.0. The zero-order valence-electron chi connectivity index (χ0n) is 9.74. The monoisotopic (exact) mass is 265 g/mol. The molecule has 2 aromatic rings. The molecule has 18 heavy (non-hydrogen) atoms. The van der Waals surface area contributed by atoms with Gasteiger partial charge in [0.05, 0.1) is 11.3 Å². The number of carbonyl (C=O) groups is 1. The van der Waals surface area contributed by atoms with E-state index in [0.717, 1.165) is 11.1 Å². The van der Waals surface area contributed by atoms with E-state index in [1.807, 2.05) is 17.7 Å². The van der Waals surface area contributed by atoms with E-state index in [1.165, 1.54) is 18.2 Å². The highest BCUT2D eigenvalue weighted by Crippen LogP contribution is 2.22. The largest absolute Gasteiger partial charge is 0.478 e. The van der Waals surface area contributed by atoms with Crippen molar-refractivity contribution in [1.82, 2.24) is 0 Å². The summed E-state index contributed by atoms with van der Waals surface area (Å²) < 4.78 is 13.6. The number of benzene rings is 1. The van der Waals surface area contributed by atoms with Gasteiger partial charge in [-0.2, -0.15) is 11.3 Å². The van der Waals surface area contributed by atoms with Crippen LogP contribution in [0.1, 0.15) is 21.5 Å². The maximum Gasteiger partial charge on any atom is 0.337 e. The van der Waals surface area contributed by atoms with E-state index in [0.29, 0.717) is 6.54 Å². The Bertz CT molecular complexity index is 580. The predicted molar refractivity (Wildman–Crippen MR) is 69.7 cm³/mol. The van der Waals surface area contributed by atoms with Crippen LogP contribution in [0.3, 0.4) is 0 Å². The van der Waals surface area contributed by atoms with Gasteiger partial charge in [0, 0.05) is 6.54 Å². The highest BCUT2D eigenvalue weighted by molar-refractivity contribution is 7.08. The normalized spacial score (nSPS) is 10.3. The lowest BCUT2D eigenvalue weighted by Crippen LogP contribution is -2.08. The standard InChI is InChI=1S/C13H12FNO2S/c1-8-6-18-7-9(8)5-15-12-10(13(16)17)3-2-4-11(12)14/h2-4,6-7,15H,5H2,1H3,(H,16,17). The maximum absolute atomic E-state index is 13.6. The molecule has 1 aromatic heterocycles. The van der Waals surface area contributed by atoms with Crippen LogP contribution in [0.25, 0.3) is 0 Å². The van der Waals surface area contributed by atoms with Crippen LogP contribution in [-0.4, -0.2) is 11.1 Å². The maximum atomic E-state index is 13.6. The van der Waals surface area contributed by atoms with E-state index >= 15 is 0 Å². The molecule has 0 aliphatic carbocycles. The smallest absolute Gasteiger partial charge is 0.337 e. The van der Waals surface area contributed by atoms with Gasteiger partial charge in [-0.3, -0.25) is 0 Å². The molecule has 2 N–H and O–H groups in total. The Morgan fingerprint density at radius 1 is 1.44 bits per heavy atom. The Balaban J connectivity index is 2.24. The lowest BCUT2D eigenvalue weighted by molar-refractivity contribution is 0.0697. The number of aromatic carboxylic acids is 1. The van der Waals surface area contributed by atoms with Crippen LogP contribution in [0.15, 0.2) is 29.0 Å². The van der Waals surface area contributed by atoms with Gasteiger partial charge in [0.25, 0.3) is 0 Å². The van der Waals surface area contributed by atoms with Gasteiger partial charge < -0.3 is 10.4 Å². The molecule has 0 radical (unpaired) electrons. The molecule has 1 heterocycles. The summed E-state index contributed by atoms with van der Waals surface area (Å²) in [6.07, 6.45) is 0. The summed E-state index contributed by atoms with van der Waals surface area (Å²) in [6, 6.07) is 4.02. The highest BCUT2D eigenvalue weighted by Gasteiger charge is 2.14. The number of halogens is 1. The van der Waals surface area contributed by atoms with Gasteiger partial charge in [-0.15, -0.1) is 0 Å². The van der Waals surface area contributed by atoms with Crippen molar-refractivity contribution in [3.8, 4) is 0 Å². The molecule has 0 saturated heterocycles. The number of para-hydroxylation sites is 1. The lowest BCUT2D eigenvalue weighted by Gasteiger charge is -2.10. The average molecular weight is 265 g/mol. The fourth-order valence-corrected chi connectivity index (χ4v) is 2.49. The number of thiophene rings is 1. The average Bonchev–Trinajstić information content (AvgIpc) is 2.73. The van der Waals surface area contributed by atoms with E-state index in [-0.39, 0.29) is 11.3 Å². The molecule has 0 unspecified atom stereocenters. The van der Waals surface area contributed by atoms with E-state index in [4.69, 9.17) is 5.11 Å². The second-order valence-corrected chi connectivity index (χ2v) is 4.64. The summed E-state index contributed by atoms with van der Waals surface area (Å²) in [6.45, 7) is 2.38. The van der Waals surface area contributed by atoms with Crippen LogP contribution >= 0.6 is 11.3 Å². The summed E-state index contributed by atoms with van der Waals surface area (Å²) in [7, 11) is 0. The fourth-order valence-electron chi connectivity index (χ4n) is 1.63. The molecule has 1 aromatic carbocycles. The Kier molecular flexibility index (Phi) is 3.62. The quantitative estimate of drug-likeness (QED) is 0.889. The summed E-state index contributed by atoms with van der Waals surface area (Å²) in [5.74, 6) is -1.69. The molecule has 94 valence electrons. The van der Waals surface area contributed by atoms with E-state index < -0.39 is 11.8 Å². The van der Waals surface area contributed by atoms with Crippen LogP contribution in [0.4, 0.5) is 10.1 Å². The lowest BCUT2D eigenvalue weighted by atomic mass is 10.1. The minimum atomic E-state index is -1.14. The van der Waals surface area contributed by atoms with Gasteiger partial charge in [0.15, 0.2) is 0 Å². The fraction of sp³-hybridized carbons (Fsp3) is 0.154. The number of carboxylic acid groups (broad SMARTS) is 1. The Labute approximate surface area is 108 Å². The van der Waals surface area contributed by atoms with E-state index in [1.54, 1.807) is 11.3 Å². The van der Waals surface area contributed by atoms with Crippen molar-refractivity contribution in [3.63, 3.8) is 0 Å². The number of anilines is 1. The molecular formula is C13H12FNO2S. The number of nitrogens with one attached hydrogen (secondary N) is 1. The van der Waals surface area contributed by atoms with Crippen molar-refractivity contribution >= 4 is 23.0 Å². The Hall–Kier alpha value is -1.88. The first-order valence-corrected chi connectivity index (χ1v) is 6.31. The van der Waals surface area contributed by atoms with E-state index in [2.05, 4.69) is 5.32 Å². The first-order valence-electron chi connectivity index (χ1n) is 5.37. The molecule has 0 spiro atoms. The molecule has 0 aliphatic rings. The first-order chi connectivity index (χ1) is 8.59. The van der Waals surface area contributed by atoms with Crippen LogP contribution in [0, 0.1) is 12.7 Å². The predicted octanol–water partition coefficient (Wildman–Crippen LogP) is 3.51. The zero-order chi connectivity index (χ0) is 13.1. The number of rotatable bonds is 4. The van der Waals surface area contributed by atoms with E-state index in [9.17, 15) is 9.18 Å². The van der Waals surface area contributed by atoms with Crippen LogP contribution in [0.5, 0.6) is 0 Å². The Morgan fingerprint density at radius 2 is 2.22 bits per heavy atom. The van der Waals surface area contributed by atoms with Crippen molar-refractivity contribution in [2.45, 2.75) is 13.5 Å². The number of carboxylic acids is 1. The second-order valence-electron chi connectivity index (χ2n) is 3.90. The third-order valence-electron chi connectivity index (χ3n) is 2.66. The third-order valence-corrected chi connectivity index (χ3v) is 3.57. The number of hydrogen-bond donors (Lipinski definition) is 2. The van der Waals surface area contributed by atoms with Crippen molar-refractivity contribution in [2.75, 3.05) is 5.32 Å². The summed E-state index contributed by atoms with van der Waals surface area (Å²) in [5, 5.41) is 15.8. The topological polar surface area (TPSA) is 49.3 Å². The van der Waals surface area contributed by atoms with Gasteiger partial charge in [0.2, 0.25) is 0 Å². The third kappa shape index (κ3) is 2.51. The molecule has 0 bridgehead atoms. The van der Waals surface area contributed by atoms with Gasteiger partial charge in [-0.25, -0.2) is 9.18 Å². The molecular weight excluding hydrogens is 253 g/mol. The van der Waals surface area contributed by atoms with Crippen LogP contribution in [-0.2, 0) is 6.54 Å². The molecule has 0 atom stereocenters. The van der Waals surface area contributed by atoms with Crippen molar-refractivity contribution in [1.29, 1.82) is 0 Å². The summed E-state index contributed by atoms with van der Waals surface area (Å²) in [5.41, 5.74) is 2.14. The highest BCUT2D eigenvalue weighted by atomic mass is 32.1. The van der Waals surface area contributed by atoms with Gasteiger partial charge in [0.1, 0.15) is 5.82 Å². The van der Waals surface area contributed by atoms with Gasteiger partial charge in [-0.05, 0) is 40.9 Å². The molecule has 5 heteroatoms. The molecule has 3 nitrogen and oxygen atoms in total. The van der Waals surface area contributed by atoms with Gasteiger partial charge >= 0.3 is 5.97 Å². The van der Waals surface area contributed by atoms with Gasteiger partial charge in [-0.1, -0.05) is 6.07 Å². The second kappa shape index (κ2) is 5.18. The molecule has 0 aliphatic heterocycles. The molecule has 0 amide bonds. The van der Waals surface area contributed by atoms with Crippen molar-refractivity contribution in [3.05, 3.63) is 51.5 Å². The van der Waals surface area contributed by atoms with Crippen molar-refractivity contribution < 1.29 is 14.3 Å². The number of aryl methyl sites for hydroxylation is 1. The molecule has 0 saturated carbocycles. The minimum absolute atomic E-state index is 0.0376.